The van der Waals surface area contributed by atoms with Gasteiger partial charge in [-0.3, -0.25) is 0 Å². The number of ether oxygens (including phenoxy) is 4. The van der Waals surface area contributed by atoms with Gasteiger partial charge in [0, 0.05) is 12.0 Å². The number of rotatable bonds is 16. The second-order valence-electron chi connectivity index (χ2n) is 10.2. The topological polar surface area (TPSA) is 71.1 Å². The fourth-order valence-electron chi connectivity index (χ4n) is 4.44. The summed E-state index contributed by atoms with van der Waals surface area (Å²) < 4.78 is 36.2. The highest BCUT2D eigenvalue weighted by atomic mass is 19.1. The zero-order valence-electron chi connectivity index (χ0n) is 23.3. The average molecular weight is 541 g/mol. The molecule has 3 rings (SSSR count). The molecule has 0 aromatic heterocycles. The number of hydrogen-bond acceptors (Lipinski definition) is 6. The van der Waals surface area contributed by atoms with Crippen LogP contribution in [0.5, 0.6) is 5.75 Å². The molecule has 7 heteroatoms. The normalized spacial score (nSPS) is 13.5. The average Bonchev–Trinajstić information content (AvgIpc) is 2.93. The van der Waals surface area contributed by atoms with Gasteiger partial charge in [0.25, 0.3) is 0 Å². The van der Waals surface area contributed by atoms with Gasteiger partial charge in [-0.2, -0.15) is 0 Å². The van der Waals surface area contributed by atoms with Crippen molar-refractivity contribution >= 4 is 12.1 Å². The fourth-order valence-corrected chi connectivity index (χ4v) is 4.44. The summed E-state index contributed by atoms with van der Waals surface area (Å²) in [5.41, 5.74) is 3.52. The molecule has 39 heavy (non-hydrogen) atoms. The Balaban J connectivity index is 1.65. The molecule has 0 N–H and O–H groups in total. The molecule has 0 amide bonds. The second-order valence-corrected chi connectivity index (χ2v) is 10.2. The predicted octanol–water partition coefficient (Wildman–Crippen LogP) is 7.61. The van der Waals surface area contributed by atoms with Crippen LogP contribution < -0.4 is 4.74 Å². The number of esters is 1. The van der Waals surface area contributed by atoms with E-state index in [2.05, 4.69) is 13.5 Å². The maximum absolute atomic E-state index is 15.0. The number of hydrogen-bond donors (Lipinski definition) is 0. The van der Waals surface area contributed by atoms with Gasteiger partial charge in [0.1, 0.15) is 24.8 Å². The first-order chi connectivity index (χ1) is 18.9. The van der Waals surface area contributed by atoms with Crippen LogP contribution in [0.1, 0.15) is 69.9 Å². The summed E-state index contributed by atoms with van der Waals surface area (Å²) in [6.07, 6.45) is 8.88. The molecule has 2 aromatic rings. The molecule has 1 saturated heterocycles. The van der Waals surface area contributed by atoms with Crippen molar-refractivity contribution in [2.75, 3.05) is 26.4 Å². The Morgan fingerprint density at radius 3 is 2.31 bits per heavy atom. The number of cyclic esters (lactones) is 2. The highest BCUT2D eigenvalue weighted by Gasteiger charge is 2.22. The quantitative estimate of drug-likeness (QED) is 0.124. The maximum Gasteiger partial charge on any atom is 0.508 e. The van der Waals surface area contributed by atoms with Gasteiger partial charge in [0.15, 0.2) is 0 Å². The van der Waals surface area contributed by atoms with Crippen LogP contribution in [0.4, 0.5) is 9.18 Å². The van der Waals surface area contributed by atoms with Crippen LogP contribution in [0.3, 0.4) is 0 Å². The van der Waals surface area contributed by atoms with Crippen LogP contribution in [-0.2, 0) is 31.8 Å². The van der Waals surface area contributed by atoms with Gasteiger partial charge >= 0.3 is 12.1 Å². The van der Waals surface area contributed by atoms with Gasteiger partial charge in [0.05, 0.1) is 19.1 Å². The lowest BCUT2D eigenvalue weighted by atomic mass is 9.98. The number of carbonyl (C=O) groups excluding carboxylic acids is 2. The first kappa shape index (κ1) is 30.2. The Morgan fingerprint density at radius 1 is 0.949 bits per heavy atom. The summed E-state index contributed by atoms with van der Waals surface area (Å²) in [5, 5.41) is 0. The molecule has 0 radical (unpaired) electrons. The SMILES string of the molecule is C=C(C)C(=O)OCCc1cc(-c2ccc(CCCCCCCCC)c(F)c2)ccc1OCC1COC(=O)OC1. The van der Waals surface area contributed by atoms with Crippen LogP contribution in [0.2, 0.25) is 0 Å². The van der Waals surface area contributed by atoms with E-state index in [1.807, 2.05) is 30.3 Å². The van der Waals surface area contributed by atoms with Crippen LogP contribution in [0.25, 0.3) is 11.1 Å². The lowest BCUT2D eigenvalue weighted by molar-refractivity contribution is -0.138. The van der Waals surface area contributed by atoms with Crippen molar-refractivity contribution in [2.24, 2.45) is 5.92 Å². The first-order valence-electron chi connectivity index (χ1n) is 14.0. The second kappa shape index (κ2) is 15.9. The van der Waals surface area contributed by atoms with Gasteiger partial charge in [0.2, 0.25) is 0 Å². The number of benzene rings is 2. The van der Waals surface area contributed by atoms with Crippen molar-refractivity contribution in [3.63, 3.8) is 0 Å². The molecule has 6 nitrogen and oxygen atoms in total. The van der Waals surface area contributed by atoms with Crippen molar-refractivity contribution in [3.05, 3.63) is 65.5 Å². The van der Waals surface area contributed by atoms with Crippen LogP contribution in [-0.4, -0.2) is 38.6 Å². The molecular formula is C32H41FO6. The Morgan fingerprint density at radius 2 is 1.62 bits per heavy atom. The Kier molecular flexibility index (Phi) is 12.3. The highest BCUT2D eigenvalue weighted by Crippen LogP contribution is 2.29. The number of aryl methyl sites for hydroxylation is 1. The smallest absolute Gasteiger partial charge is 0.493 e. The fraction of sp³-hybridized carbons (Fsp3) is 0.500. The summed E-state index contributed by atoms with van der Waals surface area (Å²) in [6.45, 7) is 8.33. The number of carbonyl (C=O) groups is 2. The maximum atomic E-state index is 15.0. The lowest BCUT2D eigenvalue weighted by Crippen LogP contribution is -2.31. The number of unbranched alkanes of at least 4 members (excludes halogenated alkanes) is 6. The first-order valence-corrected chi connectivity index (χ1v) is 14.0. The van der Waals surface area contributed by atoms with E-state index in [9.17, 15) is 14.0 Å². The van der Waals surface area contributed by atoms with Crippen molar-refractivity contribution in [1.29, 1.82) is 0 Å². The molecule has 0 aliphatic carbocycles. The third-order valence-corrected chi connectivity index (χ3v) is 6.80. The molecule has 212 valence electrons. The van der Waals surface area contributed by atoms with E-state index in [0.717, 1.165) is 41.5 Å². The Hall–Kier alpha value is -3.35. The molecule has 0 unspecified atom stereocenters. The van der Waals surface area contributed by atoms with Gasteiger partial charge in [-0.25, -0.2) is 14.0 Å². The molecule has 2 aromatic carbocycles. The predicted molar refractivity (Wildman–Crippen MR) is 149 cm³/mol. The molecule has 0 spiro atoms. The molecule has 1 heterocycles. The Labute approximate surface area is 231 Å². The van der Waals surface area contributed by atoms with E-state index in [1.165, 1.54) is 32.1 Å². The van der Waals surface area contributed by atoms with E-state index in [-0.39, 0.29) is 31.6 Å². The third kappa shape index (κ3) is 10.0. The molecule has 0 bridgehead atoms. The molecule has 1 fully saturated rings. The minimum Gasteiger partial charge on any atom is -0.493 e. The molecule has 1 aliphatic rings. The Bertz CT molecular complexity index is 1100. The molecule has 1 aliphatic heterocycles. The summed E-state index contributed by atoms with van der Waals surface area (Å²) in [5.74, 6) is -0.108. The van der Waals surface area contributed by atoms with Crippen LogP contribution >= 0.6 is 0 Å². The summed E-state index contributed by atoms with van der Waals surface area (Å²) in [4.78, 5) is 23.0. The number of halogens is 1. The van der Waals surface area contributed by atoms with Crippen molar-refractivity contribution in [3.8, 4) is 16.9 Å². The van der Waals surface area contributed by atoms with Crippen molar-refractivity contribution in [2.45, 2.75) is 71.6 Å². The van der Waals surface area contributed by atoms with Gasteiger partial charge in [-0.15, -0.1) is 0 Å². The minimum absolute atomic E-state index is 0.0885. The van der Waals surface area contributed by atoms with Crippen LogP contribution in [0.15, 0.2) is 48.6 Å². The van der Waals surface area contributed by atoms with Gasteiger partial charge < -0.3 is 18.9 Å². The van der Waals surface area contributed by atoms with Crippen molar-refractivity contribution in [1.82, 2.24) is 0 Å². The standard InChI is InChI=1S/C32H41FO6/c1-4-5-6-7-8-9-10-11-25-12-13-27(19-29(25)33)26-14-15-30(37-20-24-21-38-32(35)39-22-24)28(18-26)16-17-36-31(34)23(2)3/h12-15,18-19,24H,2,4-11,16-17,20-22H2,1,3H3. The molecular weight excluding hydrogens is 499 g/mol. The van der Waals surface area contributed by atoms with E-state index in [4.69, 9.17) is 18.9 Å². The van der Waals surface area contributed by atoms with E-state index < -0.39 is 12.1 Å². The lowest BCUT2D eigenvalue weighted by Gasteiger charge is -2.22. The minimum atomic E-state index is -0.670. The van der Waals surface area contributed by atoms with Gasteiger partial charge in [-0.1, -0.05) is 70.2 Å². The van der Waals surface area contributed by atoms with E-state index in [1.54, 1.807) is 13.0 Å². The van der Waals surface area contributed by atoms with Crippen LogP contribution in [0, 0.1) is 11.7 Å². The summed E-state index contributed by atoms with van der Waals surface area (Å²) in [6, 6.07) is 11.1. The van der Waals surface area contributed by atoms with E-state index in [0.29, 0.717) is 24.4 Å². The zero-order chi connectivity index (χ0) is 28.0. The highest BCUT2D eigenvalue weighted by molar-refractivity contribution is 5.86. The third-order valence-electron chi connectivity index (χ3n) is 6.80. The van der Waals surface area contributed by atoms with Gasteiger partial charge in [-0.05, 0) is 60.2 Å². The van der Waals surface area contributed by atoms with Crippen molar-refractivity contribution < 1.29 is 32.9 Å². The molecule has 0 atom stereocenters. The van der Waals surface area contributed by atoms with E-state index >= 15 is 0 Å². The molecule has 0 saturated carbocycles. The monoisotopic (exact) mass is 540 g/mol. The largest absolute Gasteiger partial charge is 0.508 e. The summed E-state index contributed by atoms with van der Waals surface area (Å²) >= 11 is 0. The summed E-state index contributed by atoms with van der Waals surface area (Å²) in [7, 11) is 0. The zero-order valence-corrected chi connectivity index (χ0v) is 23.3.